The van der Waals surface area contributed by atoms with Crippen molar-refractivity contribution in [3.05, 3.63) is 76.1 Å². The second kappa shape index (κ2) is 6.80. The molecule has 7 heteroatoms. The number of benzene rings is 2. The normalized spacial score (nSPS) is 12.1. The van der Waals surface area contributed by atoms with E-state index < -0.39 is 17.7 Å². The lowest BCUT2D eigenvalue weighted by Gasteiger charge is -2.15. The van der Waals surface area contributed by atoms with Gasteiger partial charge in [-0.3, -0.25) is 14.3 Å². The van der Waals surface area contributed by atoms with Gasteiger partial charge in [-0.1, -0.05) is 18.2 Å². The van der Waals surface area contributed by atoms with Gasteiger partial charge in [0, 0.05) is 5.39 Å². The molecule has 5 nitrogen and oxygen atoms in total. The third kappa shape index (κ3) is 3.55. The molecule has 2 aromatic carbocycles. The van der Waals surface area contributed by atoms with E-state index in [9.17, 15) is 18.4 Å². The summed E-state index contributed by atoms with van der Waals surface area (Å²) in [4.78, 5) is 24.1. The molecule has 0 bridgehead atoms. The first-order chi connectivity index (χ1) is 12.0. The van der Waals surface area contributed by atoms with Crippen LogP contribution in [0.4, 0.5) is 8.78 Å². The number of carbonyl (C=O) groups is 1. The summed E-state index contributed by atoms with van der Waals surface area (Å²) in [6, 6.07) is 9.83. The summed E-state index contributed by atoms with van der Waals surface area (Å²) < 4.78 is 27.7. The van der Waals surface area contributed by atoms with Crippen LogP contribution >= 0.6 is 0 Å². The molecule has 0 fully saturated rings. The Balaban J connectivity index is 1.78. The lowest BCUT2D eigenvalue weighted by Crippen LogP contribution is -2.31. The van der Waals surface area contributed by atoms with Gasteiger partial charge in [-0.2, -0.15) is 5.10 Å². The standard InChI is InChI=1S/C18H15F2N3O2/c1-11(12-6-7-14(19)15(20)8-12)22-18(25)10-23-16-5-3-2-4-13(16)17(24)9-21-23/h2-9,11H,10H2,1H3,(H,22,25). The monoisotopic (exact) mass is 343 g/mol. The van der Waals surface area contributed by atoms with Gasteiger partial charge in [0.15, 0.2) is 11.6 Å². The lowest BCUT2D eigenvalue weighted by molar-refractivity contribution is -0.122. The second-order valence-corrected chi connectivity index (χ2v) is 5.65. The van der Waals surface area contributed by atoms with Gasteiger partial charge < -0.3 is 5.32 Å². The number of nitrogens with one attached hydrogen (secondary N) is 1. The van der Waals surface area contributed by atoms with Crippen LogP contribution in [0.25, 0.3) is 10.9 Å². The zero-order valence-corrected chi connectivity index (χ0v) is 13.4. The van der Waals surface area contributed by atoms with E-state index in [4.69, 9.17) is 0 Å². The quantitative estimate of drug-likeness (QED) is 0.792. The molecular formula is C18H15F2N3O2. The van der Waals surface area contributed by atoms with Crippen molar-refractivity contribution in [1.82, 2.24) is 15.1 Å². The summed E-state index contributed by atoms with van der Waals surface area (Å²) in [6.45, 7) is 1.57. The third-order valence-electron chi connectivity index (χ3n) is 3.88. The van der Waals surface area contributed by atoms with Crippen molar-refractivity contribution in [2.24, 2.45) is 0 Å². The van der Waals surface area contributed by atoms with Gasteiger partial charge in [0.25, 0.3) is 0 Å². The minimum atomic E-state index is -0.966. The maximum atomic E-state index is 13.3. The number of hydrogen-bond donors (Lipinski definition) is 1. The number of nitrogens with zero attached hydrogens (tertiary/aromatic N) is 2. The molecule has 0 aliphatic rings. The Bertz CT molecular complexity index is 1000. The Kier molecular flexibility index (Phi) is 4.56. The van der Waals surface area contributed by atoms with Crippen molar-refractivity contribution in [3.63, 3.8) is 0 Å². The molecule has 0 aliphatic carbocycles. The molecule has 0 aliphatic heterocycles. The van der Waals surface area contributed by atoms with Crippen LogP contribution in [0.1, 0.15) is 18.5 Å². The Morgan fingerprint density at radius 2 is 1.96 bits per heavy atom. The van der Waals surface area contributed by atoms with Crippen molar-refractivity contribution in [3.8, 4) is 0 Å². The van der Waals surface area contributed by atoms with Crippen LogP contribution in [0.15, 0.2) is 53.5 Å². The number of amides is 1. The topological polar surface area (TPSA) is 64.0 Å². The van der Waals surface area contributed by atoms with E-state index in [-0.39, 0.29) is 17.9 Å². The fourth-order valence-electron chi connectivity index (χ4n) is 2.58. The van der Waals surface area contributed by atoms with Crippen LogP contribution in [0.5, 0.6) is 0 Å². The highest BCUT2D eigenvalue weighted by Crippen LogP contribution is 2.16. The molecule has 25 heavy (non-hydrogen) atoms. The Hall–Kier alpha value is -3.09. The van der Waals surface area contributed by atoms with E-state index in [1.165, 1.54) is 10.7 Å². The molecule has 1 atom stereocenters. The first-order valence-corrected chi connectivity index (χ1v) is 7.65. The molecule has 3 aromatic rings. The fraction of sp³-hybridized carbons (Fsp3) is 0.167. The zero-order valence-electron chi connectivity index (χ0n) is 13.4. The fourth-order valence-corrected chi connectivity index (χ4v) is 2.58. The van der Waals surface area contributed by atoms with E-state index in [1.54, 1.807) is 31.2 Å². The van der Waals surface area contributed by atoms with Gasteiger partial charge in [-0.05, 0) is 36.8 Å². The molecule has 0 spiro atoms. The van der Waals surface area contributed by atoms with Gasteiger partial charge in [0.1, 0.15) is 6.54 Å². The number of carbonyl (C=O) groups excluding carboxylic acids is 1. The van der Waals surface area contributed by atoms with Crippen molar-refractivity contribution in [2.75, 3.05) is 0 Å². The van der Waals surface area contributed by atoms with Crippen LogP contribution < -0.4 is 10.7 Å². The second-order valence-electron chi connectivity index (χ2n) is 5.65. The largest absolute Gasteiger partial charge is 0.348 e. The van der Waals surface area contributed by atoms with E-state index in [1.807, 2.05) is 0 Å². The maximum Gasteiger partial charge on any atom is 0.242 e. The third-order valence-corrected chi connectivity index (χ3v) is 3.88. The Morgan fingerprint density at radius 1 is 1.20 bits per heavy atom. The van der Waals surface area contributed by atoms with E-state index in [0.717, 1.165) is 18.3 Å². The summed E-state index contributed by atoms with van der Waals surface area (Å²) in [5.41, 5.74) is 0.776. The van der Waals surface area contributed by atoms with E-state index >= 15 is 0 Å². The Morgan fingerprint density at radius 3 is 2.72 bits per heavy atom. The molecular weight excluding hydrogens is 328 g/mol. The highest BCUT2D eigenvalue weighted by atomic mass is 19.2. The molecule has 0 saturated heterocycles. The predicted molar refractivity (Wildman–Crippen MR) is 88.9 cm³/mol. The highest BCUT2D eigenvalue weighted by Gasteiger charge is 2.13. The summed E-state index contributed by atoms with van der Waals surface area (Å²) in [5, 5.41) is 7.16. The summed E-state index contributed by atoms with van der Waals surface area (Å²) in [5.74, 6) is -2.27. The molecule has 3 rings (SSSR count). The van der Waals surface area contributed by atoms with Crippen LogP contribution in [0.2, 0.25) is 0 Å². The maximum absolute atomic E-state index is 13.3. The number of para-hydroxylation sites is 1. The first-order valence-electron chi connectivity index (χ1n) is 7.65. The molecule has 1 aromatic heterocycles. The molecule has 0 radical (unpaired) electrons. The molecule has 1 heterocycles. The Labute approximate surface area is 141 Å². The summed E-state index contributed by atoms with van der Waals surface area (Å²) in [7, 11) is 0. The van der Waals surface area contributed by atoms with Crippen LogP contribution in [-0.2, 0) is 11.3 Å². The number of fused-ring (bicyclic) bond motifs is 1. The van der Waals surface area contributed by atoms with Gasteiger partial charge in [-0.25, -0.2) is 8.78 Å². The van der Waals surface area contributed by atoms with Gasteiger partial charge in [0.2, 0.25) is 11.3 Å². The number of aromatic nitrogens is 2. The van der Waals surface area contributed by atoms with Crippen molar-refractivity contribution in [2.45, 2.75) is 19.5 Å². The predicted octanol–water partition coefficient (Wildman–Crippen LogP) is 2.55. The van der Waals surface area contributed by atoms with Crippen LogP contribution in [0, 0.1) is 11.6 Å². The molecule has 1 N–H and O–H groups in total. The number of hydrogen-bond acceptors (Lipinski definition) is 3. The van der Waals surface area contributed by atoms with Crippen molar-refractivity contribution < 1.29 is 13.6 Å². The molecule has 0 saturated carbocycles. The lowest BCUT2D eigenvalue weighted by atomic mass is 10.1. The highest BCUT2D eigenvalue weighted by molar-refractivity contribution is 5.81. The van der Waals surface area contributed by atoms with Crippen molar-refractivity contribution in [1.29, 1.82) is 0 Å². The average Bonchev–Trinajstić information content (AvgIpc) is 2.60. The van der Waals surface area contributed by atoms with Crippen LogP contribution in [-0.4, -0.2) is 15.7 Å². The summed E-state index contributed by atoms with van der Waals surface area (Å²) in [6.07, 6.45) is 1.16. The minimum Gasteiger partial charge on any atom is -0.348 e. The molecule has 128 valence electrons. The molecule has 1 amide bonds. The minimum absolute atomic E-state index is 0.102. The SMILES string of the molecule is CC(NC(=O)Cn1ncc(=O)c2ccccc21)c1ccc(F)c(F)c1. The van der Waals surface area contributed by atoms with Crippen LogP contribution in [0.3, 0.4) is 0 Å². The van der Waals surface area contributed by atoms with Gasteiger partial charge in [0.05, 0.1) is 17.8 Å². The van der Waals surface area contributed by atoms with E-state index in [2.05, 4.69) is 10.4 Å². The number of rotatable bonds is 4. The van der Waals surface area contributed by atoms with Gasteiger partial charge >= 0.3 is 0 Å². The van der Waals surface area contributed by atoms with Gasteiger partial charge in [-0.15, -0.1) is 0 Å². The zero-order chi connectivity index (χ0) is 18.0. The molecule has 1 unspecified atom stereocenters. The van der Waals surface area contributed by atoms with Crippen molar-refractivity contribution >= 4 is 16.8 Å². The van der Waals surface area contributed by atoms with E-state index in [0.29, 0.717) is 16.5 Å². The smallest absolute Gasteiger partial charge is 0.242 e. The number of halogens is 2. The average molecular weight is 343 g/mol. The first kappa shape index (κ1) is 16.8. The summed E-state index contributed by atoms with van der Waals surface area (Å²) >= 11 is 0.